The number of rotatable bonds is 2. The van der Waals surface area contributed by atoms with Gasteiger partial charge in [-0.2, -0.15) is 0 Å². The third-order valence-electron chi connectivity index (χ3n) is 3.40. The molecule has 5 nitrogen and oxygen atoms in total. The first-order valence-electron chi connectivity index (χ1n) is 6.38. The summed E-state index contributed by atoms with van der Waals surface area (Å²) in [5.74, 6) is 0.0613. The van der Waals surface area contributed by atoms with Crippen LogP contribution < -0.4 is 16.2 Å². The van der Waals surface area contributed by atoms with E-state index in [1.54, 1.807) is 19.3 Å². The molecule has 0 spiro atoms. The molecule has 20 heavy (non-hydrogen) atoms. The second-order valence-corrected chi connectivity index (χ2v) is 5.91. The first-order chi connectivity index (χ1) is 8.97. The zero-order valence-corrected chi connectivity index (χ0v) is 13.9. The molecule has 1 saturated heterocycles. The Kier molecular flexibility index (Phi) is 6.23. The van der Waals surface area contributed by atoms with E-state index in [2.05, 4.69) is 33.5 Å². The number of hydrogen-bond acceptors (Lipinski definition) is 3. The Morgan fingerprint density at radius 2 is 2.25 bits per heavy atom. The van der Waals surface area contributed by atoms with E-state index in [0.29, 0.717) is 16.2 Å². The molecule has 0 aliphatic carbocycles. The highest BCUT2D eigenvalue weighted by atomic mass is 79.9. The van der Waals surface area contributed by atoms with E-state index in [-0.39, 0.29) is 29.8 Å². The van der Waals surface area contributed by atoms with Crippen LogP contribution in [0.4, 0.5) is 5.69 Å². The Balaban J connectivity index is 0.00000200. The van der Waals surface area contributed by atoms with Crippen molar-refractivity contribution < 1.29 is 4.79 Å². The Morgan fingerprint density at radius 3 is 2.85 bits per heavy atom. The van der Waals surface area contributed by atoms with Crippen molar-refractivity contribution in [2.75, 3.05) is 11.9 Å². The molecule has 1 aliphatic rings. The Morgan fingerprint density at radius 1 is 1.55 bits per heavy atom. The maximum absolute atomic E-state index is 12.2. The highest BCUT2D eigenvalue weighted by Crippen LogP contribution is 2.19. The molecular weight excluding hydrogens is 346 g/mol. The molecular formula is C13H19BrClN3O2. The standard InChI is InChI=1S/C13H18BrN3O2.ClH/c1-8-5-9(3-4-15-8)12(18)16-10-6-11(14)13(19)17(2)7-10;/h6-9,15H,3-5H2,1-2H3,(H,16,18);1H/t8-,9-;/m0./s1. The molecule has 1 fully saturated rings. The summed E-state index contributed by atoms with van der Waals surface area (Å²) in [5.41, 5.74) is 0.527. The van der Waals surface area contributed by atoms with Crippen LogP contribution in [0.25, 0.3) is 0 Å². The van der Waals surface area contributed by atoms with Crippen LogP contribution in [0, 0.1) is 5.92 Å². The maximum atomic E-state index is 12.2. The number of carbonyl (C=O) groups excluding carboxylic acids is 1. The lowest BCUT2D eigenvalue weighted by molar-refractivity contribution is -0.120. The number of pyridine rings is 1. The summed E-state index contributed by atoms with van der Waals surface area (Å²) in [4.78, 5) is 23.7. The Bertz CT molecular complexity index is 521. The van der Waals surface area contributed by atoms with Gasteiger partial charge in [0, 0.05) is 25.2 Å². The van der Waals surface area contributed by atoms with Crippen LogP contribution in [0.1, 0.15) is 19.8 Å². The van der Waals surface area contributed by atoms with Gasteiger partial charge in [-0.3, -0.25) is 9.59 Å². The zero-order chi connectivity index (χ0) is 14.0. The van der Waals surface area contributed by atoms with Crippen LogP contribution in [0.5, 0.6) is 0 Å². The third kappa shape index (κ3) is 4.07. The predicted molar refractivity (Wildman–Crippen MR) is 85.4 cm³/mol. The van der Waals surface area contributed by atoms with Gasteiger partial charge in [0.2, 0.25) is 5.91 Å². The number of aromatic nitrogens is 1. The SMILES string of the molecule is C[C@H]1C[C@@H](C(=O)Nc2cc(Br)c(=O)n(C)c2)CCN1.Cl. The highest BCUT2D eigenvalue weighted by Gasteiger charge is 2.24. The predicted octanol–water partition coefficient (Wildman–Crippen LogP) is 1.90. The van der Waals surface area contributed by atoms with Crippen LogP contribution in [0.15, 0.2) is 21.5 Å². The van der Waals surface area contributed by atoms with Gasteiger partial charge in [-0.25, -0.2) is 0 Å². The summed E-state index contributed by atoms with van der Waals surface area (Å²) < 4.78 is 1.90. The first-order valence-corrected chi connectivity index (χ1v) is 7.17. The van der Waals surface area contributed by atoms with E-state index in [1.807, 2.05) is 0 Å². The quantitative estimate of drug-likeness (QED) is 0.842. The molecule has 112 valence electrons. The minimum Gasteiger partial charge on any atom is -0.325 e. The molecule has 2 atom stereocenters. The molecule has 0 saturated carbocycles. The van der Waals surface area contributed by atoms with E-state index in [4.69, 9.17) is 0 Å². The van der Waals surface area contributed by atoms with E-state index in [1.165, 1.54) is 4.57 Å². The molecule has 7 heteroatoms. The lowest BCUT2D eigenvalue weighted by Crippen LogP contribution is -2.40. The summed E-state index contributed by atoms with van der Waals surface area (Å²) >= 11 is 3.20. The molecule has 1 aromatic heterocycles. The number of halogens is 2. The van der Waals surface area contributed by atoms with E-state index < -0.39 is 0 Å². The third-order valence-corrected chi connectivity index (χ3v) is 3.97. The smallest absolute Gasteiger partial charge is 0.264 e. The van der Waals surface area contributed by atoms with Gasteiger partial charge >= 0.3 is 0 Å². The summed E-state index contributed by atoms with van der Waals surface area (Å²) in [6.07, 6.45) is 3.33. The van der Waals surface area contributed by atoms with Gasteiger partial charge in [-0.15, -0.1) is 12.4 Å². The first kappa shape index (κ1) is 17.2. The van der Waals surface area contributed by atoms with Gasteiger partial charge in [0.25, 0.3) is 5.56 Å². The van der Waals surface area contributed by atoms with E-state index >= 15 is 0 Å². The lowest BCUT2D eigenvalue weighted by Gasteiger charge is -2.27. The number of aryl methyl sites for hydroxylation is 1. The number of amides is 1. The van der Waals surface area contributed by atoms with Gasteiger partial charge < -0.3 is 15.2 Å². The largest absolute Gasteiger partial charge is 0.325 e. The number of hydrogen-bond donors (Lipinski definition) is 2. The lowest BCUT2D eigenvalue weighted by atomic mass is 9.92. The van der Waals surface area contributed by atoms with Crippen molar-refractivity contribution in [1.82, 2.24) is 9.88 Å². The van der Waals surface area contributed by atoms with E-state index in [9.17, 15) is 9.59 Å². The molecule has 1 amide bonds. The van der Waals surface area contributed by atoms with Crippen molar-refractivity contribution in [2.24, 2.45) is 13.0 Å². The van der Waals surface area contributed by atoms with Crippen LogP contribution in [0.2, 0.25) is 0 Å². The monoisotopic (exact) mass is 363 g/mol. The Hall–Kier alpha value is -0.850. The number of nitrogens with one attached hydrogen (secondary N) is 2. The zero-order valence-electron chi connectivity index (χ0n) is 11.5. The second kappa shape index (κ2) is 7.24. The van der Waals surface area contributed by atoms with Crippen molar-refractivity contribution in [3.05, 3.63) is 27.1 Å². The van der Waals surface area contributed by atoms with Gasteiger partial charge in [-0.1, -0.05) is 0 Å². The fraction of sp³-hybridized carbons (Fsp3) is 0.538. The number of carbonyl (C=O) groups is 1. The minimum atomic E-state index is -0.117. The van der Waals surface area contributed by atoms with Crippen LogP contribution in [-0.2, 0) is 11.8 Å². The number of piperidine rings is 1. The highest BCUT2D eigenvalue weighted by molar-refractivity contribution is 9.10. The topological polar surface area (TPSA) is 63.1 Å². The Labute approximate surface area is 132 Å². The van der Waals surface area contributed by atoms with Crippen molar-refractivity contribution >= 4 is 39.9 Å². The normalized spacial score (nSPS) is 21.9. The van der Waals surface area contributed by atoms with E-state index in [0.717, 1.165) is 19.4 Å². The van der Waals surface area contributed by atoms with Gasteiger partial charge in [0.1, 0.15) is 0 Å². The van der Waals surface area contributed by atoms with Crippen molar-refractivity contribution in [1.29, 1.82) is 0 Å². The molecule has 0 unspecified atom stereocenters. The summed E-state index contributed by atoms with van der Waals surface area (Å²) in [6.45, 7) is 2.96. The number of anilines is 1. The fourth-order valence-corrected chi connectivity index (χ4v) is 2.88. The molecule has 2 rings (SSSR count). The summed E-state index contributed by atoms with van der Waals surface area (Å²) in [7, 11) is 1.66. The number of nitrogens with zero attached hydrogens (tertiary/aromatic N) is 1. The van der Waals surface area contributed by atoms with Crippen molar-refractivity contribution in [3.63, 3.8) is 0 Å². The minimum absolute atomic E-state index is 0. The molecule has 0 bridgehead atoms. The van der Waals surface area contributed by atoms with Crippen LogP contribution in [0.3, 0.4) is 0 Å². The molecule has 0 aromatic carbocycles. The molecule has 1 aromatic rings. The average molecular weight is 365 g/mol. The maximum Gasteiger partial charge on any atom is 0.264 e. The summed E-state index contributed by atoms with van der Waals surface area (Å²) in [6, 6.07) is 2.02. The second-order valence-electron chi connectivity index (χ2n) is 5.06. The van der Waals surface area contributed by atoms with Crippen molar-refractivity contribution in [2.45, 2.75) is 25.8 Å². The average Bonchev–Trinajstić information content (AvgIpc) is 2.36. The summed E-state index contributed by atoms with van der Waals surface area (Å²) in [5, 5.41) is 6.21. The van der Waals surface area contributed by atoms with Gasteiger partial charge in [0.15, 0.2) is 0 Å². The molecule has 1 aliphatic heterocycles. The van der Waals surface area contributed by atoms with Crippen LogP contribution >= 0.6 is 28.3 Å². The molecule has 0 radical (unpaired) electrons. The fourth-order valence-electron chi connectivity index (χ4n) is 2.35. The van der Waals surface area contributed by atoms with Crippen LogP contribution in [-0.4, -0.2) is 23.1 Å². The van der Waals surface area contributed by atoms with Gasteiger partial charge in [0.05, 0.1) is 10.2 Å². The van der Waals surface area contributed by atoms with Crippen molar-refractivity contribution in [3.8, 4) is 0 Å². The van der Waals surface area contributed by atoms with Gasteiger partial charge in [-0.05, 0) is 48.3 Å². The molecule has 2 heterocycles. The molecule has 2 N–H and O–H groups in total.